The quantitative estimate of drug-likeness (QED) is 0.729. The highest BCUT2D eigenvalue weighted by atomic mass is 79.9. The first kappa shape index (κ1) is 18.6. The normalized spacial score (nSPS) is 21.9. The first-order valence-electron chi connectivity index (χ1n) is 6.43. The van der Waals surface area contributed by atoms with Gasteiger partial charge in [-0.25, -0.2) is 0 Å². The zero-order chi connectivity index (χ0) is 12.5. The average Bonchev–Trinajstić information content (AvgIpc) is 2.66. The Morgan fingerprint density at radius 3 is 2.70 bits per heavy atom. The van der Waals surface area contributed by atoms with E-state index in [9.17, 15) is 0 Å². The summed E-state index contributed by atoms with van der Waals surface area (Å²) < 4.78 is 0. The summed E-state index contributed by atoms with van der Waals surface area (Å²) in [6.45, 7) is 3.33. The summed E-state index contributed by atoms with van der Waals surface area (Å²) in [4.78, 5) is 3.54. The predicted octanol–water partition coefficient (Wildman–Crippen LogP) is 3.65. The van der Waals surface area contributed by atoms with Crippen LogP contribution in [0.4, 0.5) is 5.69 Å². The molecule has 0 aromatic heterocycles. The fourth-order valence-electron chi connectivity index (χ4n) is 2.70. The second kappa shape index (κ2) is 8.25. The highest BCUT2D eigenvalue weighted by Crippen LogP contribution is 2.43. The fraction of sp³-hybridized carbons (Fsp3) is 0.538. The molecule has 1 aromatic carbocycles. The van der Waals surface area contributed by atoms with Crippen molar-refractivity contribution in [3.8, 4) is 0 Å². The van der Waals surface area contributed by atoms with Crippen molar-refractivity contribution >= 4 is 63.0 Å². The van der Waals surface area contributed by atoms with E-state index in [1.54, 1.807) is 11.8 Å². The lowest BCUT2D eigenvalue weighted by molar-refractivity contribution is 0.372. The van der Waals surface area contributed by atoms with Crippen LogP contribution in [0.1, 0.15) is 12.8 Å². The Balaban J connectivity index is 0.000001000. The molecule has 0 aliphatic carbocycles. The maximum absolute atomic E-state index is 6.23. The Kier molecular flexibility index (Phi) is 7.66. The van der Waals surface area contributed by atoms with Crippen molar-refractivity contribution in [2.24, 2.45) is 11.7 Å². The summed E-state index contributed by atoms with van der Waals surface area (Å²) in [5.74, 6) is 0.750. The monoisotopic (exact) mass is 443 g/mol. The number of benzene rings is 1. The minimum atomic E-state index is 0. The number of halogens is 3. The summed E-state index contributed by atoms with van der Waals surface area (Å²) in [5.41, 5.74) is 7.51. The zero-order valence-electron chi connectivity index (χ0n) is 11.0. The maximum Gasteiger partial charge on any atom is 0.130 e. The number of fused-ring (bicyclic) bond motifs is 1. The van der Waals surface area contributed by atoms with Crippen molar-refractivity contribution in [3.05, 3.63) is 23.2 Å². The summed E-state index contributed by atoms with van der Waals surface area (Å²) in [6, 6.07) is 6.07. The lowest BCUT2D eigenvalue weighted by Gasteiger charge is -2.31. The van der Waals surface area contributed by atoms with Crippen molar-refractivity contribution < 1.29 is 0 Å². The Morgan fingerprint density at radius 2 is 2.00 bits per heavy atom. The van der Waals surface area contributed by atoms with E-state index in [1.165, 1.54) is 23.4 Å². The Bertz CT molecular complexity index is 444. The lowest BCUT2D eigenvalue weighted by Crippen LogP contribution is -2.42. The molecule has 0 bridgehead atoms. The first-order chi connectivity index (χ1) is 8.74. The van der Waals surface area contributed by atoms with E-state index in [4.69, 9.17) is 17.3 Å². The summed E-state index contributed by atoms with van der Waals surface area (Å²) in [7, 11) is 0. The van der Waals surface area contributed by atoms with Gasteiger partial charge in [-0.3, -0.25) is 0 Å². The van der Waals surface area contributed by atoms with Crippen LogP contribution in [0.15, 0.2) is 23.1 Å². The molecule has 0 saturated carbocycles. The van der Waals surface area contributed by atoms with Crippen molar-refractivity contribution in [1.82, 2.24) is 5.32 Å². The molecule has 0 radical (unpaired) electrons. The van der Waals surface area contributed by atoms with Crippen LogP contribution >= 0.6 is 57.3 Å². The highest BCUT2D eigenvalue weighted by Gasteiger charge is 2.29. The van der Waals surface area contributed by atoms with E-state index in [1.807, 2.05) is 12.1 Å². The molecule has 2 heterocycles. The molecular formula is C13H20Br2ClN3S. The Hall–Kier alpha value is 0.540. The van der Waals surface area contributed by atoms with Gasteiger partial charge in [-0.1, -0.05) is 23.4 Å². The van der Waals surface area contributed by atoms with Gasteiger partial charge in [-0.2, -0.15) is 0 Å². The van der Waals surface area contributed by atoms with Gasteiger partial charge < -0.3 is 16.0 Å². The molecule has 20 heavy (non-hydrogen) atoms. The largest absolute Gasteiger partial charge is 0.346 e. The number of piperidine rings is 1. The SMILES string of the molecule is Br.Br.NC1Sc2cc(Cl)ccc2N1CC1CCNCC1. The second-order valence-corrected chi connectivity index (χ2v) is 6.56. The standard InChI is InChI=1S/C13H18ClN3S.2BrH/c14-10-1-2-11-12(7-10)18-13(15)17(11)8-9-3-5-16-6-4-9;;/h1-2,7,9,13,16H,3-6,8,15H2;2*1H. The van der Waals surface area contributed by atoms with Gasteiger partial charge >= 0.3 is 0 Å². The van der Waals surface area contributed by atoms with Crippen LogP contribution in [0.25, 0.3) is 0 Å². The fourth-order valence-corrected chi connectivity index (χ4v) is 4.02. The third-order valence-corrected chi connectivity index (χ3v) is 5.01. The number of nitrogens with one attached hydrogen (secondary N) is 1. The molecule has 3 nitrogen and oxygen atoms in total. The van der Waals surface area contributed by atoms with Gasteiger partial charge in [-0.05, 0) is 50.0 Å². The Morgan fingerprint density at radius 1 is 1.30 bits per heavy atom. The maximum atomic E-state index is 6.23. The van der Waals surface area contributed by atoms with E-state index in [-0.39, 0.29) is 39.5 Å². The topological polar surface area (TPSA) is 41.3 Å². The number of anilines is 1. The number of rotatable bonds is 2. The van der Waals surface area contributed by atoms with Crippen LogP contribution in [0.3, 0.4) is 0 Å². The molecule has 3 rings (SSSR count). The van der Waals surface area contributed by atoms with Crippen LogP contribution in [0, 0.1) is 5.92 Å². The molecule has 1 saturated heterocycles. The minimum absolute atomic E-state index is 0. The summed E-state index contributed by atoms with van der Waals surface area (Å²) in [6.07, 6.45) is 2.49. The Labute approximate surface area is 150 Å². The molecule has 114 valence electrons. The van der Waals surface area contributed by atoms with Crippen LogP contribution in [0.2, 0.25) is 5.02 Å². The average molecular weight is 446 g/mol. The predicted molar refractivity (Wildman–Crippen MR) is 98.9 cm³/mol. The molecule has 1 fully saturated rings. The van der Waals surface area contributed by atoms with Crippen molar-refractivity contribution in [2.75, 3.05) is 24.5 Å². The third kappa shape index (κ3) is 4.05. The molecule has 2 aliphatic heterocycles. The molecular weight excluding hydrogens is 425 g/mol. The van der Waals surface area contributed by atoms with Crippen LogP contribution in [-0.4, -0.2) is 25.1 Å². The van der Waals surface area contributed by atoms with Gasteiger partial charge in [0, 0.05) is 16.5 Å². The second-order valence-electron chi connectivity index (χ2n) is 4.97. The van der Waals surface area contributed by atoms with Crippen LogP contribution in [0.5, 0.6) is 0 Å². The number of thioether (sulfide) groups is 1. The number of hydrogen-bond donors (Lipinski definition) is 2. The van der Waals surface area contributed by atoms with Gasteiger partial charge in [0.25, 0.3) is 0 Å². The van der Waals surface area contributed by atoms with Gasteiger partial charge in [0.15, 0.2) is 0 Å². The summed E-state index contributed by atoms with van der Waals surface area (Å²) >= 11 is 7.74. The number of nitrogens with two attached hydrogens (primary N) is 1. The molecule has 1 aromatic rings. The molecule has 3 N–H and O–H groups in total. The lowest BCUT2D eigenvalue weighted by atomic mass is 9.97. The smallest absolute Gasteiger partial charge is 0.130 e. The number of nitrogens with zero attached hydrogens (tertiary/aromatic N) is 1. The first-order valence-corrected chi connectivity index (χ1v) is 7.69. The minimum Gasteiger partial charge on any atom is -0.346 e. The van der Waals surface area contributed by atoms with E-state index in [0.29, 0.717) is 0 Å². The summed E-state index contributed by atoms with van der Waals surface area (Å²) in [5, 5.41) is 4.19. The van der Waals surface area contributed by atoms with E-state index >= 15 is 0 Å². The van der Waals surface area contributed by atoms with Crippen molar-refractivity contribution in [3.63, 3.8) is 0 Å². The van der Waals surface area contributed by atoms with E-state index in [2.05, 4.69) is 16.3 Å². The number of hydrogen-bond acceptors (Lipinski definition) is 4. The molecule has 1 unspecified atom stereocenters. The highest BCUT2D eigenvalue weighted by molar-refractivity contribution is 8.93. The van der Waals surface area contributed by atoms with Crippen LogP contribution < -0.4 is 16.0 Å². The zero-order valence-corrected chi connectivity index (χ0v) is 16.0. The van der Waals surface area contributed by atoms with Gasteiger partial charge in [0.05, 0.1) is 5.69 Å². The third-order valence-electron chi connectivity index (χ3n) is 3.70. The van der Waals surface area contributed by atoms with Gasteiger partial charge in [-0.15, -0.1) is 34.0 Å². The van der Waals surface area contributed by atoms with Gasteiger partial charge in [0.2, 0.25) is 0 Å². The van der Waals surface area contributed by atoms with E-state index < -0.39 is 0 Å². The molecule has 2 aliphatic rings. The molecule has 7 heteroatoms. The van der Waals surface area contributed by atoms with E-state index in [0.717, 1.165) is 30.6 Å². The van der Waals surface area contributed by atoms with Gasteiger partial charge in [0.1, 0.15) is 5.50 Å². The van der Waals surface area contributed by atoms with Crippen molar-refractivity contribution in [1.29, 1.82) is 0 Å². The molecule has 0 amide bonds. The van der Waals surface area contributed by atoms with Crippen molar-refractivity contribution in [2.45, 2.75) is 23.2 Å². The molecule has 1 atom stereocenters. The molecule has 0 spiro atoms. The van der Waals surface area contributed by atoms with Crippen LogP contribution in [-0.2, 0) is 0 Å².